The number of methoxy groups -OCH3 is 1. The topological polar surface area (TPSA) is 80.9 Å². The van der Waals surface area contributed by atoms with Gasteiger partial charge in [-0.1, -0.05) is 30.3 Å². The van der Waals surface area contributed by atoms with Crippen LogP contribution < -0.4 is 9.47 Å². The van der Waals surface area contributed by atoms with Crippen LogP contribution >= 0.6 is 0 Å². The van der Waals surface area contributed by atoms with E-state index in [1.165, 1.54) is 0 Å². The highest BCUT2D eigenvalue weighted by atomic mass is 16.5. The van der Waals surface area contributed by atoms with Crippen molar-refractivity contribution in [3.8, 4) is 11.5 Å². The van der Waals surface area contributed by atoms with Crippen LogP contribution in [-0.4, -0.2) is 42.1 Å². The number of rotatable bonds is 10. The van der Waals surface area contributed by atoms with Crippen LogP contribution in [0.1, 0.15) is 39.8 Å². The van der Waals surface area contributed by atoms with Crippen molar-refractivity contribution >= 4 is 11.9 Å². The molecule has 33 heavy (non-hydrogen) atoms. The Hall–Kier alpha value is -3.74. The molecule has 1 aromatic heterocycles. The Kier molecular flexibility index (Phi) is 8.13. The lowest BCUT2D eigenvalue weighted by atomic mass is 10.1. The Morgan fingerprint density at radius 1 is 0.939 bits per heavy atom. The lowest BCUT2D eigenvalue weighted by Crippen LogP contribution is -2.34. The van der Waals surface area contributed by atoms with Crippen molar-refractivity contribution in [3.05, 3.63) is 82.7 Å². The maximum Gasteiger partial charge on any atom is 0.340 e. The molecule has 3 rings (SSSR count). The molecule has 0 unspecified atom stereocenters. The molecule has 7 nitrogen and oxygen atoms in total. The van der Waals surface area contributed by atoms with Gasteiger partial charge in [0.25, 0.3) is 5.91 Å². The first-order valence-corrected chi connectivity index (χ1v) is 10.9. The predicted molar refractivity (Wildman–Crippen MR) is 125 cm³/mol. The molecule has 7 heteroatoms. The summed E-state index contributed by atoms with van der Waals surface area (Å²) in [7, 11) is 1.61. The molecule has 174 valence electrons. The monoisotopic (exact) mass is 450 g/mol. The zero-order chi connectivity index (χ0) is 23.8. The molecular formula is C26H30N2O5. The van der Waals surface area contributed by atoms with Crippen LogP contribution in [0.25, 0.3) is 0 Å². The van der Waals surface area contributed by atoms with Crippen LogP contribution in [0.15, 0.2) is 54.6 Å². The number of carbonyl (C=O) groups excluding carboxylic acids is 2. The van der Waals surface area contributed by atoms with Crippen molar-refractivity contribution in [2.75, 3.05) is 20.3 Å². The Morgan fingerprint density at radius 2 is 1.64 bits per heavy atom. The molecule has 0 saturated heterocycles. The van der Waals surface area contributed by atoms with Gasteiger partial charge in [-0.2, -0.15) is 0 Å². The molecule has 0 aliphatic heterocycles. The summed E-state index contributed by atoms with van der Waals surface area (Å²) in [6.07, 6.45) is 0. The number of aromatic amines is 1. The zero-order valence-electron chi connectivity index (χ0n) is 19.5. The van der Waals surface area contributed by atoms with Crippen LogP contribution in [0.2, 0.25) is 0 Å². The lowest BCUT2D eigenvalue weighted by molar-refractivity contribution is -0.134. The van der Waals surface area contributed by atoms with Crippen LogP contribution in [0.3, 0.4) is 0 Å². The molecule has 1 amide bonds. The molecule has 0 spiro atoms. The lowest BCUT2D eigenvalue weighted by Gasteiger charge is -2.23. The van der Waals surface area contributed by atoms with Gasteiger partial charge in [0.05, 0.1) is 25.8 Å². The summed E-state index contributed by atoms with van der Waals surface area (Å²) in [6.45, 7) is 6.36. The molecule has 0 aliphatic carbocycles. The highest BCUT2D eigenvalue weighted by Crippen LogP contribution is 2.22. The van der Waals surface area contributed by atoms with Gasteiger partial charge in [-0.15, -0.1) is 0 Å². The molecule has 1 heterocycles. The smallest absolute Gasteiger partial charge is 0.340 e. The average Bonchev–Trinajstić information content (AvgIpc) is 3.11. The third-order valence-electron chi connectivity index (χ3n) is 5.36. The van der Waals surface area contributed by atoms with Crippen LogP contribution in [-0.2, 0) is 22.6 Å². The molecule has 0 atom stereocenters. The number of ether oxygens (including phenoxy) is 3. The second-order valence-corrected chi connectivity index (χ2v) is 7.65. The number of H-pyrrole nitrogens is 1. The minimum atomic E-state index is -0.365. The molecule has 0 bridgehead atoms. The number of benzene rings is 2. The number of hydrogen-bond acceptors (Lipinski definition) is 5. The van der Waals surface area contributed by atoms with Crippen molar-refractivity contribution < 1.29 is 23.8 Å². The predicted octanol–water partition coefficient (Wildman–Crippen LogP) is 4.42. The summed E-state index contributed by atoms with van der Waals surface area (Å²) in [5, 5.41) is 0. The number of amides is 1. The Balaban J connectivity index is 1.82. The first-order chi connectivity index (χ1) is 15.9. The summed E-state index contributed by atoms with van der Waals surface area (Å²) in [4.78, 5) is 30.5. The summed E-state index contributed by atoms with van der Waals surface area (Å²) in [5.74, 6) is 0.847. The minimum absolute atomic E-state index is 0.0936. The molecule has 0 aliphatic rings. The van der Waals surface area contributed by atoms with E-state index in [2.05, 4.69) is 4.98 Å². The van der Waals surface area contributed by atoms with Crippen LogP contribution in [0.4, 0.5) is 0 Å². The minimum Gasteiger partial charge on any atom is -0.497 e. The van der Waals surface area contributed by atoms with Gasteiger partial charge in [-0.3, -0.25) is 4.79 Å². The Morgan fingerprint density at radius 3 is 2.27 bits per heavy atom. The number of aryl methyl sites for hydroxylation is 1. The van der Waals surface area contributed by atoms with Gasteiger partial charge in [0, 0.05) is 17.9 Å². The molecular weight excluding hydrogens is 420 g/mol. The molecule has 0 saturated carbocycles. The van der Waals surface area contributed by atoms with E-state index in [1.807, 2.05) is 68.4 Å². The molecule has 3 aromatic rings. The van der Waals surface area contributed by atoms with Gasteiger partial charge in [0.2, 0.25) is 0 Å². The molecule has 0 radical (unpaired) electrons. The number of nitrogens with zero attached hydrogens (tertiary/aromatic N) is 1. The van der Waals surface area contributed by atoms with E-state index >= 15 is 0 Å². The number of carbonyl (C=O) groups is 2. The van der Waals surface area contributed by atoms with Gasteiger partial charge in [0.1, 0.15) is 11.5 Å². The average molecular weight is 451 g/mol. The second kappa shape index (κ2) is 11.2. The fourth-order valence-corrected chi connectivity index (χ4v) is 3.61. The molecule has 1 N–H and O–H groups in total. The third-order valence-corrected chi connectivity index (χ3v) is 5.36. The van der Waals surface area contributed by atoms with E-state index in [4.69, 9.17) is 14.2 Å². The van der Waals surface area contributed by atoms with E-state index in [9.17, 15) is 9.59 Å². The first-order valence-electron chi connectivity index (χ1n) is 10.9. The summed E-state index contributed by atoms with van der Waals surface area (Å²) >= 11 is 0. The van der Waals surface area contributed by atoms with Crippen molar-refractivity contribution in [3.63, 3.8) is 0 Å². The first kappa shape index (κ1) is 23.9. The Bertz CT molecular complexity index is 1070. The Labute approximate surface area is 194 Å². The van der Waals surface area contributed by atoms with E-state index in [1.54, 1.807) is 18.9 Å². The zero-order valence-corrected chi connectivity index (χ0v) is 19.5. The molecule has 2 aromatic carbocycles. The van der Waals surface area contributed by atoms with E-state index in [0.717, 1.165) is 28.3 Å². The van der Waals surface area contributed by atoms with Crippen molar-refractivity contribution in [1.29, 1.82) is 0 Å². The quantitative estimate of drug-likeness (QED) is 0.463. The number of aromatic nitrogens is 1. The van der Waals surface area contributed by atoms with Gasteiger partial charge in [-0.25, -0.2) is 4.79 Å². The largest absolute Gasteiger partial charge is 0.497 e. The number of nitrogens with one attached hydrogen (secondary N) is 1. The highest BCUT2D eigenvalue weighted by molar-refractivity contribution is 5.92. The van der Waals surface area contributed by atoms with Crippen molar-refractivity contribution in [1.82, 2.24) is 9.88 Å². The molecule has 0 fully saturated rings. The number of esters is 1. The maximum atomic E-state index is 13.2. The standard InChI is InChI=1S/C26H30N2O5/c1-5-32-26(30)25-18(2)23(27-19(25)3)16-28(15-20-11-13-21(31-4)14-12-20)24(29)17-33-22-9-7-6-8-10-22/h6-14,27H,5,15-17H2,1-4H3. The second-order valence-electron chi connectivity index (χ2n) is 7.65. The van der Waals surface area contributed by atoms with Crippen LogP contribution in [0, 0.1) is 13.8 Å². The normalized spacial score (nSPS) is 10.5. The van der Waals surface area contributed by atoms with Crippen LogP contribution in [0.5, 0.6) is 11.5 Å². The fourth-order valence-electron chi connectivity index (χ4n) is 3.61. The van der Waals surface area contributed by atoms with Gasteiger partial charge < -0.3 is 24.1 Å². The van der Waals surface area contributed by atoms with Gasteiger partial charge in [-0.05, 0) is 56.2 Å². The number of hydrogen-bond donors (Lipinski definition) is 1. The summed E-state index contributed by atoms with van der Waals surface area (Å²) in [6, 6.07) is 16.8. The maximum absolute atomic E-state index is 13.2. The highest BCUT2D eigenvalue weighted by Gasteiger charge is 2.23. The van der Waals surface area contributed by atoms with Crippen molar-refractivity contribution in [2.45, 2.75) is 33.9 Å². The van der Waals surface area contributed by atoms with Gasteiger partial charge in [0.15, 0.2) is 6.61 Å². The SMILES string of the molecule is CCOC(=O)c1c(C)[nH]c(CN(Cc2ccc(OC)cc2)C(=O)COc2ccccc2)c1C. The van der Waals surface area contributed by atoms with E-state index in [-0.39, 0.29) is 18.5 Å². The van der Waals surface area contributed by atoms with E-state index < -0.39 is 0 Å². The fraction of sp³-hybridized carbons (Fsp3) is 0.308. The van der Waals surface area contributed by atoms with Gasteiger partial charge >= 0.3 is 5.97 Å². The number of para-hydroxylation sites is 1. The van der Waals surface area contributed by atoms with Crippen molar-refractivity contribution in [2.24, 2.45) is 0 Å². The summed E-state index contributed by atoms with van der Waals surface area (Å²) in [5.41, 5.74) is 3.76. The third kappa shape index (κ3) is 6.16. The van der Waals surface area contributed by atoms with E-state index in [0.29, 0.717) is 31.0 Å². The summed E-state index contributed by atoms with van der Waals surface area (Å²) < 4.78 is 16.1.